The van der Waals surface area contributed by atoms with Gasteiger partial charge in [0, 0.05) is 12.1 Å². The second kappa shape index (κ2) is 9.62. The molecule has 7 heteroatoms. The standard InChI is InChI=1S/C25H22N4O2S/c1-17(2)15-29-24(31)21-12-5-6-13-22(21)27-25(29)32-16-23(30)28-26-14-19-10-7-9-18-8-3-4-11-20(18)19/h3-14H,1,15-16H2,2H3,(H,28,30). The van der Waals surface area contributed by atoms with E-state index in [-0.39, 0.29) is 17.2 Å². The van der Waals surface area contributed by atoms with Crippen LogP contribution in [0.4, 0.5) is 0 Å². The Balaban J connectivity index is 1.48. The monoisotopic (exact) mass is 442 g/mol. The molecule has 0 spiro atoms. The minimum absolute atomic E-state index is 0.0772. The zero-order valence-corrected chi connectivity index (χ0v) is 18.4. The summed E-state index contributed by atoms with van der Waals surface area (Å²) in [5.74, 6) is -0.204. The highest BCUT2D eigenvalue weighted by Crippen LogP contribution is 2.19. The first-order chi connectivity index (χ1) is 15.5. The molecule has 0 atom stereocenters. The lowest BCUT2D eigenvalue weighted by Crippen LogP contribution is -2.25. The van der Waals surface area contributed by atoms with Crippen LogP contribution in [0.15, 0.2) is 93.9 Å². The first kappa shape index (κ1) is 21.5. The smallest absolute Gasteiger partial charge is 0.262 e. The van der Waals surface area contributed by atoms with Crippen LogP contribution in [0.3, 0.4) is 0 Å². The van der Waals surface area contributed by atoms with Gasteiger partial charge in [-0.05, 0) is 29.8 Å². The number of thioether (sulfide) groups is 1. The lowest BCUT2D eigenvalue weighted by atomic mass is 10.1. The van der Waals surface area contributed by atoms with E-state index in [1.165, 1.54) is 11.8 Å². The Hall–Kier alpha value is -3.71. The molecular formula is C25H22N4O2S. The fourth-order valence-corrected chi connectivity index (χ4v) is 4.16. The van der Waals surface area contributed by atoms with Gasteiger partial charge < -0.3 is 0 Å². The fourth-order valence-electron chi connectivity index (χ4n) is 3.37. The van der Waals surface area contributed by atoms with Gasteiger partial charge in [-0.2, -0.15) is 5.10 Å². The number of benzene rings is 3. The van der Waals surface area contributed by atoms with Gasteiger partial charge in [0.1, 0.15) is 0 Å². The number of hydrogen-bond acceptors (Lipinski definition) is 5. The van der Waals surface area contributed by atoms with E-state index in [1.807, 2.05) is 61.5 Å². The molecule has 4 rings (SSSR count). The minimum Gasteiger partial charge on any atom is -0.283 e. The number of rotatable bonds is 7. The van der Waals surface area contributed by atoms with E-state index in [4.69, 9.17) is 0 Å². The number of nitrogens with one attached hydrogen (secondary N) is 1. The summed E-state index contributed by atoms with van der Waals surface area (Å²) in [4.78, 5) is 29.9. The molecule has 0 aliphatic heterocycles. The number of nitrogens with zero attached hydrogens (tertiary/aromatic N) is 3. The summed E-state index contributed by atoms with van der Waals surface area (Å²) in [6, 6.07) is 21.1. The van der Waals surface area contributed by atoms with Gasteiger partial charge >= 0.3 is 0 Å². The molecule has 1 aromatic heterocycles. The van der Waals surface area contributed by atoms with Gasteiger partial charge in [-0.3, -0.25) is 14.2 Å². The lowest BCUT2D eigenvalue weighted by Gasteiger charge is -2.12. The van der Waals surface area contributed by atoms with Gasteiger partial charge in [-0.1, -0.05) is 78.5 Å². The molecule has 1 N–H and O–H groups in total. The highest BCUT2D eigenvalue weighted by Gasteiger charge is 2.13. The fraction of sp³-hybridized carbons (Fsp3) is 0.120. The quantitative estimate of drug-likeness (QED) is 0.152. The van der Waals surface area contributed by atoms with Crippen molar-refractivity contribution >= 4 is 45.6 Å². The van der Waals surface area contributed by atoms with Gasteiger partial charge in [-0.25, -0.2) is 10.4 Å². The average molecular weight is 443 g/mol. The van der Waals surface area contributed by atoms with E-state index >= 15 is 0 Å². The Morgan fingerprint density at radius 2 is 1.81 bits per heavy atom. The van der Waals surface area contributed by atoms with Crippen molar-refractivity contribution in [3.05, 3.63) is 94.8 Å². The number of hydrogen-bond donors (Lipinski definition) is 1. The summed E-state index contributed by atoms with van der Waals surface area (Å²) < 4.78 is 1.56. The molecule has 0 aliphatic rings. The number of para-hydroxylation sites is 1. The molecule has 0 fully saturated rings. The molecule has 0 unspecified atom stereocenters. The number of amides is 1. The van der Waals surface area contributed by atoms with Gasteiger partial charge in [0.05, 0.1) is 22.9 Å². The average Bonchev–Trinajstić information content (AvgIpc) is 2.80. The van der Waals surface area contributed by atoms with E-state index in [1.54, 1.807) is 22.9 Å². The molecule has 3 aromatic carbocycles. The van der Waals surface area contributed by atoms with Crippen LogP contribution in [0.1, 0.15) is 12.5 Å². The van der Waals surface area contributed by atoms with Crippen molar-refractivity contribution in [2.45, 2.75) is 18.6 Å². The highest BCUT2D eigenvalue weighted by atomic mass is 32.2. The van der Waals surface area contributed by atoms with Gasteiger partial charge in [0.2, 0.25) is 0 Å². The maximum Gasteiger partial charge on any atom is 0.262 e. The lowest BCUT2D eigenvalue weighted by molar-refractivity contribution is -0.118. The topological polar surface area (TPSA) is 76.3 Å². The second-order valence-corrected chi connectivity index (χ2v) is 8.35. The molecule has 1 heterocycles. The van der Waals surface area contributed by atoms with Crippen LogP contribution in [0.2, 0.25) is 0 Å². The Morgan fingerprint density at radius 3 is 2.62 bits per heavy atom. The summed E-state index contributed by atoms with van der Waals surface area (Å²) in [7, 11) is 0. The molecule has 1 amide bonds. The Labute approximate surface area is 189 Å². The second-order valence-electron chi connectivity index (χ2n) is 7.41. The third-order valence-corrected chi connectivity index (χ3v) is 5.78. The molecule has 0 aliphatic carbocycles. The van der Waals surface area contributed by atoms with Gasteiger partial charge in [-0.15, -0.1) is 0 Å². The molecule has 160 valence electrons. The molecule has 0 bridgehead atoms. The number of allylic oxidation sites excluding steroid dienone is 1. The Bertz CT molecular complexity index is 1400. The van der Waals surface area contributed by atoms with Crippen LogP contribution in [0.25, 0.3) is 21.7 Å². The van der Waals surface area contributed by atoms with Crippen LogP contribution in [-0.4, -0.2) is 27.4 Å². The third kappa shape index (κ3) is 4.78. The zero-order chi connectivity index (χ0) is 22.5. The molecule has 32 heavy (non-hydrogen) atoms. The molecule has 0 saturated carbocycles. The molecule has 4 aromatic rings. The van der Waals surface area contributed by atoms with E-state index < -0.39 is 0 Å². The molecular weight excluding hydrogens is 420 g/mol. The van der Waals surface area contributed by atoms with Crippen LogP contribution >= 0.6 is 11.8 Å². The van der Waals surface area contributed by atoms with Crippen LogP contribution in [0.5, 0.6) is 0 Å². The van der Waals surface area contributed by atoms with Crippen molar-refractivity contribution < 1.29 is 4.79 Å². The Morgan fingerprint density at radius 1 is 1.09 bits per heavy atom. The van der Waals surface area contributed by atoms with Crippen LogP contribution < -0.4 is 11.0 Å². The summed E-state index contributed by atoms with van der Waals surface area (Å²) in [5, 5.41) is 7.29. The number of aromatic nitrogens is 2. The molecule has 0 radical (unpaired) electrons. The maximum atomic E-state index is 12.9. The SMILES string of the molecule is C=C(C)Cn1c(SCC(=O)NN=Cc2cccc3ccccc23)nc2ccccc2c1=O. The summed E-state index contributed by atoms with van der Waals surface area (Å²) >= 11 is 1.20. The number of hydrazone groups is 1. The van der Waals surface area contributed by atoms with Crippen LogP contribution in [0, 0.1) is 0 Å². The van der Waals surface area contributed by atoms with Gasteiger partial charge in [0.15, 0.2) is 5.16 Å². The largest absolute Gasteiger partial charge is 0.283 e. The number of carbonyl (C=O) groups is 1. The maximum absolute atomic E-state index is 12.9. The normalized spacial score (nSPS) is 11.3. The van der Waals surface area contributed by atoms with E-state index in [0.717, 1.165) is 21.9 Å². The predicted molar refractivity (Wildman–Crippen MR) is 131 cm³/mol. The summed E-state index contributed by atoms with van der Waals surface area (Å²) in [5.41, 5.74) is 4.76. The van der Waals surface area contributed by atoms with Crippen molar-refractivity contribution in [1.82, 2.24) is 15.0 Å². The van der Waals surface area contributed by atoms with E-state index in [0.29, 0.717) is 22.6 Å². The predicted octanol–water partition coefficient (Wildman–Crippen LogP) is 4.37. The van der Waals surface area contributed by atoms with E-state index in [9.17, 15) is 9.59 Å². The van der Waals surface area contributed by atoms with E-state index in [2.05, 4.69) is 22.1 Å². The van der Waals surface area contributed by atoms with Gasteiger partial charge in [0.25, 0.3) is 11.5 Å². The summed E-state index contributed by atoms with van der Waals surface area (Å²) in [6.07, 6.45) is 1.64. The van der Waals surface area contributed by atoms with Crippen molar-refractivity contribution in [3.8, 4) is 0 Å². The molecule has 6 nitrogen and oxygen atoms in total. The molecule has 0 saturated heterocycles. The first-order valence-electron chi connectivity index (χ1n) is 10.1. The first-order valence-corrected chi connectivity index (χ1v) is 11.1. The summed E-state index contributed by atoms with van der Waals surface area (Å²) in [6.45, 7) is 6.10. The van der Waals surface area contributed by atoms with Crippen molar-refractivity contribution in [2.24, 2.45) is 5.10 Å². The highest BCUT2D eigenvalue weighted by molar-refractivity contribution is 7.99. The van der Waals surface area contributed by atoms with Crippen molar-refractivity contribution in [2.75, 3.05) is 5.75 Å². The number of fused-ring (bicyclic) bond motifs is 2. The van der Waals surface area contributed by atoms with Crippen LogP contribution in [-0.2, 0) is 11.3 Å². The minimum atomic E-state index is -0.282. The zero-order valence-electron chi connectivity index (χ0n) is 17.6. The van der Waals surface area contributed by atoms with Crippen molar-refractivity contribution in [1.29, 1.82) is 0 Å². The Kier molecular flexibility index (Phi) is 6.47. The van der Waals surface area contributed by atoms with Crippen molar-refractivity contribution in [3.63, 3.8) is 0 Å². The number of carbonyl (C=O) groups excluding carboxylic acids is 1. The third-order valence-electron chi connectivity index (χ3n) is 4.80.